The summed E-state index contributed by atoms with van der Waals surface area (Å²) >= 11 is 0. The number of aromatic carboxylic acids is 1. The van der Waals surface area contributed by atoms with Crippen LogP contribution in [0.2, 0.25) is 0 Å². The quantitative estimate of drug-likeness (QED) is 0.839. The van der Waals surface area contributed by atoms with Gasteiger partial charge >= 0.3 is 5.97 Å². The molecule has 2 heterocycles. The fourth-order valence-corrected chi connectivity index (χ4v) is 2.00. The Balaban J connectivity index is 2.11. The molecule has 2 rings (SSSR count). The van der Waals surface area contributed by atoms with Crippen LogP contribution in [0, 0.1) is 0 Å². The first-order valence-corrected chi connectivity index (χ1v) is 6.92. The predicted octanol–water partition coefficient (Wildman–Crippen LogP) is 2.03. The summed E-state index contributed by atoms with van der Waals surface area (Å²) in [4.78, 5) is 25.6. The monoisotopic (exact) mass is 286 g/mol. The fraction of sp³-hybridized carbons (Fsp3) is 0.333. The van der Waals surface area contributed by atoms with E-state index in [1.165, 1.54) is 12.3 Å². The number of carboxylic acid groups (broad SMARTS) is 1. The van der Waals surface area contributed by atoms with Crippen LogP contribution in [0.15, 0.2) is 36.7 Å². The molecule has 0 fully saturated rings. The fourth-order valence-electron chi connectivity index (χ4n) is 2.00. The summed E-state index contributed by atoms with van der Waals surface area (Å²) in [6.45, 7) is 3.54. The van der Waals surface area contributed by atoms with Gasteiger partial charge in [0.25, 0.3) is 0 Å². The van der Waals surface area contributed by atoms with Crippen LogP contribution in [-0.2, 0) is 6.42 Å². The van der Waals surface area contributed by atoms with E-state index in [1.54, 1.807) is 6.20 Å². The molecule has 6 nitrogen and oxygen atoms in total. The molecule has 0 saturated carbocycles. The Morgan fingerprint density at radius 3 is 2.71 bits per heavy atom. The highest BCUT2D eigenvalue weighted by molar-refractivity contribution is 5.85. The number of pyridine rings is 1. The molecular weight excluding hydrogens is 268 g/mol. The number of anilines is 1. The second-order valence-electron chi connectivity index (χ2n) is 4.61. The van der Waals surface area contributed by atoms with E-state index in [4.69, 9.17) is 5.11 Å². The van der Waals surface area contributed by atoms with Crippen LogP contribution < -0.4 is 4.90 Å². The van der Waals surface area contributed by atoms with Gasteiger partial charge in [0.05, 0.1) is 0 Å². The molecule has 2 aromatic heterocycles. The maximum atomic E-state index is 11.0. The van der Waals surface area contributed by atoms with Gasteiger partial charge in [0.15, 0.2) is 5.69 Å². The Morgan fingerprint density at radius 1 is 1.19 bits per heavy atom. The van der Waals surface area contributed by atoms with Crippen molar-refractivity contribution in [3.8, 4) is 0 Å². The Kier molecular flexibility index (Phi) is 5.20. The number of hydrogen-bond acceptors (Lipinski definition) is 5. The summed E-state index contributed by atoms with van der Waals surface area (Å²) in [5.74, 6) is -0.590. The molecule has 1 N–H and O–H groups in total. The van der Waals surface area contributed by atoms with Gasteiger partial charge in [-0.3, -0.25) is 4.98 Å². The van der Waals surface area contributed by atoms with Gasteiger partial charge in [0, 0.05) is 37.6 Å². The molecule has 0 spiro atoms. The second kappa shape index (κ2) is 7.33. The third-order valence-corrected chi connectivity index (χ3v) is 3.00. The molecule has 6 heteroatoms. The Bertz CT molecular complexity index is 589. The van der Waals surface area contributed by atoms with Crippen molar-refractivity contribution < 1.29 is 9.90 Å². The molecule has 0 atom stereocenters. The van der Waals surface area contributed by atoms with Crippen molar-refractivity contribution >= 4 is 11.9 Å². The normalized spacial score (nSPS) is 10.3. The predicted molar refractivity (Wildman–Crippen MR) is 79.4 cm³/mol. The molecule has 0 radical (unpaired) electrons. The van der Waals surface area contributed by atoms with Gasteiger partial charge in [-0.2, -0.15) is 0 Å². The molecule has 0 aromatic carbocycles. The lowest BCUT2D eigenvalue weighted by Gasteiger charge is -2.21. The number of carbonyl (C=O) groups is 1. The summed E-state index contributed by atoms with van der Waals surface area (Å²) in [7, 11) is 0. The standard InChI is InChI=1S/C15H18N4O2/c1-2-10-19(11-7-12-5-3-4-8-16-12)15-17-9-6-13(18-15)14(20)21/h3-6,8-9H,2,7,10-11H2,1H3,(H,20,21). The molecule has 0 aliphatic carbocycles. The Labute approximate surface area is 123 Å². The van der Waals surface area contributed by atoms with Gasteiger partial charge < -0.3 is 10.0 Å². The average molecular weight is 286 g/mol. The molecule has 0 aliphatic heterocycles. The Hall–Kier alpha value is -2.50. The van der Waals surface area contributed by atoms with Crippen molar-refractivity contribution in [3.05, 3.63) is 48.0 Å². The van der Waals surface area contributed by atoms with Crippen molar-refractivity contribution in [3.63, 3.8) is 0 Å². The third kappa shape index (κ3) is 4.24. The highest BCUT2D eigenvalue weighted by Gasteiger charge is 2.12. The largest absolute Gasteiger partial charge is 0.477 e. The van der Waals surface area contributed by atoms with E-state index >= 15 is 0 Å². The van der Waals surface area contributed by atoms with Gasteiger partial charge in [-0.05, 0) is 24.6 Å². The van der Waals surface area contributed by atoms with Crippen LogP contribution in [-0.4, -0.2) is 39.1 Å². The zero-order valence-electron chi connectivity index (χ0n) is 11.9. The van der Waals surface area contributed by atoms with E-state index in [0.717, 1.165) is 25.1 Å². The number of aromatic nitrogens is 3. The number of nitrogens with zero attached hydrogens (tertiary/aromatic N) is 4. The molecule has 0 aliphatic rings. The van der Waals surface area contributed by atoms with Crippen molar-refractivity contribution in [2.24, 2.45) is 0 Å². The van der Waals surface area contributed by atoms with E-state index in [-0.39, 0.29) is 5.69 Å². The zero-order chi connectivity index (χ0) is 15.1. The maximum absolute atomic E-state index is 11.0. The van der Waals surface area contributed by atoms with E-state index in [0.29, 0.717) is 12.5 Å². The van der Waals surface area contributed by atoms with Crippen LogP contribution in [0.3, 0.4) is 0 Å². The molecule has 110 valence electrons. The summed E-state index contributed by atoms with van der Waals surface area (Å²) in [6, 6.07) is 7.20. The highest BCUT2D eigenvalue weighted by atomic mass is 16.4. The zero-order valence-corrected chi connectivity index (χ0v) is 11.9. The molecule has 2 aromatic rings. The average Bonchev–Trinajstić information content (AvgIpc) is 2.52. The van der Waals surface area contributed by atoms with Gasteiger partial charge in [-0.1, -0.05) is 13.0 Å². The van der Waals surface area contributed by atoms with Gasteiger partial charge in [-0.15, -0.1) is 0 Å². The van der Waals surface area contributed by atoms with Gasteiger partial charge in [-0.25, -0.2) is 14.8 Å². The summed E-state index contributed by atoms with van der Waals surface area (Å²) in [6.07, 6.45) is 4.95. The minimum atomic E-state index is -1.04. The number of hydrogen-bond donors (Lipinski definition) is 1. The third-order valence-electron chi connectivity index (χ3n) is 3.00. The molecule has 0 bridgehead atoms. The topological polar surface area (TPSA) is 79.2 Å². The first kappa shape index (κ1) is 14.9. The van der Waals surface area contributed by atoms with Crippen molar-refractivity contribution in [1.82, 2.24) is 15.0 Å². The SMILES string of the molecule is CCCN(CCc1ccccn1)c1nccc(C(=O)O)n1. The lowest BCUT2D eigenvalue weighted by Crippen LogP contribution is -2.29. The molecule has 21 heavy (non-hydrogen) atoms. The van der Waals surface area contributed by atoms with Gasteiger partial charge in [0.2, 0.25) is 5.95 Å². The van der Waals surface area contributed by atoms with E-state index in [2.05, 4.69) is 21.9 Å². The first-order chi connectivity index (χ1) is 10.2. The van der Waals surface area contributed by atoms with Crippen LogP contribution in [0.5, 0.6) is 0 Å². The molecule has 0 unspecified atom stereocenters. The first-order valence-electron chi connectivity index (χ1n) is 6.92. The minimum absolute atomic E-state index is 0.0129. The summed E-state index contributed by atoms with van der Waals surface area (Å²) < 4.78 is 0. The molecule has 0 saturated heterocycles. The lowest BCUT2D eigenvalue weighted by atomic mass is 10.2. The van der Waals surface area contributed by atoms with Crippen LogP contribution in [0.25, 0.3) is 0 Å². The van der Waals surface area contributed by atoms with Crippen molar-refractivity contribution in [2.75, 3.05) is 18.0 Å². The molecule has 0 amide bonds. The second-order valence-corrected chi connectivity index (χ2v) is 4.61. The highest BCUT2D eigenvalue weighted by Crippen LogP contribution is 2.10. The van der Waals surface area contributed by atoms with E-state index < -0.39 is 5.97 Å². The number of rotatable bonds is 7. The molecular formula is C15H18N4O2. The summed E-state index contributed by atoms with van der Waals surface area (Å²) in [5, 5.41) is 9.01. The number of carboxylic acids is 1. The Morgan fingerprint density at radius 2 is 2.05 bits per heavy atom. The van der Waals surface area contributed by atoms with Gasteiger partial charge in [0.1, 0.15) is 0 Å². The smallest absolute Gasteiger partial charge is 0.354 e. The maximum Gasteiger partial charge on any atom is 0.354 e. The van der Waals surface area contributed by atoms with Crippen LogP contribution >= 0.6 is 0 Å². The van der Waals surface area contributed by atoms with Crippen molar-refractivity contribution in [2.45, 2.75) is 19.8 Å². The summed E-state index contributed by atoms with van der Waals surface area (Å²) in [5.41, 5.74) is 1.01. The van der Waals surface area contributed by atoms with Crippen LogP contribution in [0.1, 0.15) is 29.5 Å². The van der Waals surface area contributed by atoms with E-state index in [1.807, 2.05) is 23.1 Å². The van der Waals surface area contributed by atoms with Crippen LogP contribution in [0.4, 0.5) is 5.95 Å². The minimum Gasteiger partial charge on any atom is -0.477 e. The van der Waals surface area contributed by atoms with E-state index in [9.17, 15) is 4.79 Å². The lowest BCUT2D eigenvalue weighted by molar-refractivity contribution is 0.0690. The van der Waals surface area contributed by atoms with Crippen molar-refractivity contribution in [1.29, 1.82) is 0 Å².